The molecule has 0 saturated carbocycles. The maximum absolute atomic E-state index is 13.9. The molecule has 2 fully saturated rings. The SMILES string of the molecule is CCc1cccc2c1NC(=O)[C@]21N[C@H](CCC(N)=O)[C@H]2C(=O)N(Cc3ccc4c(c3)OCO4)C(=O)[C@@H]21. The van der Waals surface area contributed by atoms with Crippen molar-refractivity contribution in [2.45, 2.75) is 44.3 Å². The minimum atomic E-state index is -1.40. The quantitative estimate of drug-likeness (QED) is 0.516. The van der Waals surface area contributed by atoms with E-state index in [9.17, 15) is 19.2 Å². The van der Waals surface area contributed by atoms with Crippen molar-refractivity contribution in [2.75, 3.05) is 12.1 Å². The zero-order valence-corrected chi connectivity index (χ0v) is 19.7. The van der Waals surface area contributed by atoms with Crippen molar-refractivity contribution in [3.05, 3.63) is 53.1 Å². The van der Waals surface area contributed by atoms with E-state index in [0.29, 0.717) is 34.7 Å². The highest BCUT2D eigenvalue weighted by atomic mass is 16.7. The summed E-state index contributed by atoms with van der Waals surface area (Å²) in [5.74, 6) is -2.22. The van der Waals surface area contributed by atoms with Crippen LogP contribution in [0.1, 0.15) is 36.5 Å². The number of primary amides is 1. The zero-order valence-electron chi connectivity index (χ0n) is 19.7. The molecule has 0 aliphatic carbocycles. The summed E-state index contributed by atoms with van der Waals surface area (Å²) in [7, 11) is 0. The van der Waals surface area contributed by atoms with Crippen molar-refractivity contribution in [2.24, 2.45) is 17.6 Å². The van der Waals surface area contributed by atoms with E-state index in [1.165, 1.54) is 4.90 Å². The maximum atomic E-state index is 13.9. The predicted molar refractivity (Wildman–Crippen MR) is 127 cm³/mol. The third-order valence-corrected chi connectivity index (χ3v) is 7.79. The smallest absolute Gasteiger partial charge is 0.250 e. The molecule has 10 nitrogen and oxygen atoms in total. The monoisotopic (exact) mass is 490 g/mol. The standard InChI is InChI=1S/C26H26N4O6/c1-2-14-4-3-5-15-22(14)28-25(34)26(15)21-20(16(29-26)7-9-19(27)31)23(32)30(24(21)33)11-13-6-8-17-18(10-13)36-12-35-17/h3-6,8,10,16,20-21,29H,2,7,9,11-12H2,1H3,(H2,27,31)(H,28,34)/t16-,20-,21-,26+/m1/s1. The molecule has 2 aromatic carbocycles. The molecule has 0 aromatic heterocycles. The Bertz CT molecular complexity index is 1330. The summed E-state index contributed by atoms with van der Waals surface area (Å²) >= 11 is 0. The number of aryl methyl sites for hydroxylation is 1. The van der Waals surface area contributed by atoms with Gasteiger partial charge < -0.3 is 20.5 Å². The summed E-state index contributed by atoms with van der Waals surface area (Å²) in [4.78, 5) is 54.1. The molecular weight excluding hydrogens is 464 g/mol. The van der Waals surface area contributed by atoms with Gasteiger partial charge >= 0.3 is 0 Å². The molecule has 186 valence electrons. The number of nitrogens with zero attached hydrogens (tertiary/aromatic N) is 1. The van der Waals surface area contributed by atoms with Crippen molar-refractivity contribution in [1.82, 2.24) is 10.2 Å². The van der Waals surface area contributed by atoms with E-state index in [0.717, 1.165) is 5.56 Å². The van der Waals surface area contributed by atoms with Gasteiger partial charge in [-0.2, -0.15) is 0 Å². The molecule has 4 amide bonds. The Morgan fingerprint density at radius 2 is 1.94 bits per heavy atom. The molecule has 4 aliphatic heterocycles. The number of hydrogen-bond donors (Lipinski definition) is 3. The van der Waals surface area contributed by atoms with Gasteiger partial charge in [-0.05, 0) is 36.1 Å². The van der Waals surface area contributed by atoms with E-state index in [-0.39, 0.29) is 38.0 Å². The molecular formula is C26H26N4O6. The van der Waals surface area contributed by atoms with E-state index in [1.807, 2.05) is 25.1 Å². The van der Waals surface area contributed by atoms with Crippen LogP contribution in [0.25, 0.3) is 0 Å². The molecule has 10 heteroatoms. The highest BCUT2D eigenvalue weighted by Crippen LogP contribution is 2.54. The summed E-state index contributed by atoms with van der Waals surface area (Å²) < 4.78 is 10.8. The Balaban J connectivity index is 1.41. The summed E-state index contributed by atoms with van der Waals surface area (Å²) in [6, 6.07) is 10.3. The fraction of sp³-hybridized carbons (Fsp3) is 0.385. The van der Waals surface area contributed by atoms with Crippen LogP contribution < -0.4 is 25.8 Å². The van der Waals surface area contributed by atoms with Crippen LogP contribution in [0.5, 0.6) is 11.5 Å². The molecule has 0 radical (unpaired) electrons. The van der Waals surface area contributed by atoms with Gasteiger partial charge in [0.2, 0.25) is 30.4 Å². The lowest BCUT2D eigenvalue weighted by Crippen LogP contribution is -2.53. The lowest BCUT2D eigenvalue weighted by molar-refractivity contribution is -0.143. The van der Waals surface area contributed by atoms with Crippen LogP contribution in [0.3, 0.4) is 0 Å². The molecule has 1 spiro atoms. The van der Waals surface area contributed by atoms with Crippen LogP contribution in [0.4, 0.5) is 5.69 Å². The summed E-state index contributed by atoms with van der Waals surface area (Å²) in [5.41, 5.74) is 7.00. The Morgan fingerprint density at radius 1 is 1.14 bits per heavy atom. The first kappa shape index (κ1) is 22.5. The van der Waals surface area contributed by atoms with Crippen molar-refractivity contribution < 1.29 is 28.7 Å². The number of imide groups is 1. The third-order valence-electron chi connectivity index (χ3n) is 7.79. The van der Waals surface area contributed by atoms with Gasteiger partial charge in [0.05, 0.1) is 18.4 Å². The van der Waals surface area contributed by atoms with E-state index < -0.39 is 35.2 Å². The molecule has 4 aliphatic rings. The third kappa shape index (κ3) is 3.07. The van der Waals surface area contributed by atoms with Crippen molar-refractivity contribution in [1.29, 1.82) is 0 Å². The average molecular weight is 491 g/mol. The highest BCUT2D eigenvalue weighted by molar-refractivity contribution is 6.15. The number of amides is 4. The maximum Gasteiger partial charge on any atom is 0.250 e. The Kier molecular flexibility index (Phi) is 5.04. The number of benzene rings is 2. The molecule has 6 rings (SSSR count). The van der Waals surface area contributed by atoms with E-state index in [1.54, 1.807) is 18.2 Å². The summed E-state index contributed by atoms with van der Waals surface area (Å²) in [6.45, 7) is 2.16. The number of anilines is 1. The van der Waals surface area contributed by atoms with Crippen molar-refractivity contribution in [3.63, 3.8) is 0 Å². The predicted octanol–water partition coefficient (Wildman–Crippen LogP) is 1.16. The number of para-hydroxylation sites is 1. The average Bonchev–Trinajstić information content (AvgIpc) is 3.59. The van der Waals surface area contributed by atoms with Crippen LogP contribution in [0.15, 0.2) is 36.4 Å². The van der Waals surface area contributed by atoms with Crippen LogP contribution in [0.2, 0.25) is 0 Å². The summed E-state index contributed by atoms with van der Waals surface area (Å²) in [5, 5.41) is 6.31. The first-order chi connectivity index (χ1) is 17.3. The number of nitrogens with one attached hydrogen (secondary N) is 2. The second-order valence-corrected chi connectivity index (χ2v) is 9.66. The number of hydrogen-bond acceptors (Lipinski definition) is 7. The Morgan fingerprint density at radius 3 is 2.72 bits per heavy atom. The largest absolute Gasteiger partial charge is 0.454 e. The number of fused-ring (bicyclic) bond motifs is 5. The first-order valence-electron chi connectivity index (χ1n) is 12.1. The van der Waals surface area contributed by atoms with E-state index >= 15 is 0 Å². The van der Waals surface area contributed by atoms with Crippen LogP contribution in [-0.2, 0) is 37.7 Å². The molecule has 0 unspecified atom stereocenters. The van der Waals surface area contributed by atoms with Gasteiger partial charge in [-0.25, -0.2) is 0 Å². The Hall–Kier alpha value is -3.92. The number of nitrogens with two attached hydrogens (primary N) is 1. The van der Waals surface area contributed by atoms with Gasteiger partial charge in [-0.3, -0.25) is 29.4 Å². The topological polar surface area (TPSA) is 140 Å². The molecule has 4 heterocycles. The van der Waals surface area contributed by atoms with Gasteiger partial charge in [0.1, 0.15) is 5.54 Å². The van der Waals surface area contributed by atoms with Crippen LogP contribution in [0, 0.1) is 11.8 Å². The first-order valence-corrected chi connectivity index (χ1v) is 12.1. The molecule has 2 saturated heterocycles. The normalized spacial score (nSPS) is 27.5. The van der Waals surface area contributed by atoms with Crippen LogP contribution >= 0.6 is 0 Å². The number of rotatable bonds is 6. The number of ether oxygens (including phenoxy) is 2. The summed E-state index contributed by atoms with van der Waals surface area (Å²) in [6.07, 6.45) is 0.969. The fourth-order valence-corrected chi connectivity index (χ4v) is 6.17. The van der Waals surface area contributed by atoms with Gasteiger partial charge in [-0.1, -0.05) is 31.2 Å². The van der Waals surface area contributed by atoms with Crippen molar-refractivity contribution >= 4 is 29.3 Å². The number of likely N-dealkylation sites (tertiary alicyclic amines) is 1. The van der Waals surface area contributed by atoms with Gasteiger partial charge in [0.25, 0.3) is 0 Å². The molecule has 0 bridgehead atoms. The van der Waals surface area contributed by atoms with E-state index in [2.05, 4.69) is 10.6 Å². The fourth-order valence-electron chi connectivity index (χ4n) is 6.17. The van der Waals surface area contributed by atoms with E-state index in [4.69, 9.17) is 15.2 Å². The lowest BCUT2D eigenvalue weighted by Gasteiger charge is -2.29. The van der Waals surface area contributed by atoms with Crippen LogP contribution in [-0.4, -0.2) is 41.4 Å². The van der Waals surface area contributed by atoms with Gasteiger partial charge in [0, 0.05) is 23.7 Å². The van der Waals surface area contributed by atoms with Crippen molar-refractivity contribution in [3.8, 4) is 11.5 Å². The Labute approximate surface area is 207 Å². The number of carbonyl (C=O) groups excluding carboxylic acids is 4. The van der Waals surface area contributed by atoms with Gasteiger partial charge in [0.15, 0.2) is 11.5 Å². The van der Waals surface area contributed by atoms with Gasteiger partial charge in [-0.15, -0.1) is 0 Å². The second kappa shape index (κ2) is 8.06. The minimum Gasteiger partial charge on any atom is -0.454 e. The molecule has 2 aromatic rings. The number of carbonyl (C=O) groups is 4. The molecule has 36 heavy (non-hydrogen) atoms. The second-order valence-electron chi connectivity index (χ2n) is 9.66. The lowest BCUT2D eigenvalue weighted by atomic mass is 9.76. The zero-order chi connectivity index (χ0) is 25.2. The molecule has 4 atom stereocenters. The minimum absolute atomic E-state index is 0.0318. The molecule has 4 N–H and O–H groups in total. The highest BCUT2D eigenvalue weighted by Gasteiger charge is 2.70.